The topological polar surface area (TPSA) is 87.4 Å². The fourth-order valence-corrected chi connectivity index (χ4v) is 2.29. The fraction of sp³-hybridized carbons (Fsp3) is 0.385. The molecule has 1 aromatic heterocycles. The molecule has 0 radical (unpaired) electrons. The highest BCUT2D eigenvalue weighted by Crippen LogP contribution is 2.28. The summed E-state index contributed by atoms with van der Waals surface area (Å²) in [6, 6.07) is 2.22. The second-order valence-electron chi connectivity index (χ2n) is 5.22. The van der Waals surface area contributed by atoms with E-state index < -0.39 is 17.5 Å². The smallest absolute Gasteiger partial charge is 0.366 e. The summed E-state index contributed by atoms with van der Waals surface area (Å²) in [5.41, 5.74) is 4.93. The first kappa shape index (κ1) is 14.8. The van der Waals surface area contributed by atoms with Gasteiger partial charge in [-0.3, -0.25) is 0 Å². The molecule has 2 aliphatic rings. The summed E-state index contributed by atoms with van der Waals surface area (Å²) in [5.74, 6) is 0.578. The molecule has 5 N–H and O–H groups in total. The Kier molecular flexibility index (Phi) is 3.53. The lowest BCUT2D eigenvalue weighted by Crippen LogP contribution is -2.72. The zero-order valence-electron chi connectivity index (χ0n) is 11.5. The lowest BCUT2D eigenvalue weighted by molar-refractivity contribution is -0.141. The van der Waals surface area contributed by atoms with Crippen LogP contribution in [-0.4, -0.2) is 29.6 Å². The molecule has 118 valence electrons. The number of hydrogen-bond donors (Lipinski definition) is 4. The summed E-state index contributed by atoms with van der Waals surface area (Å²) in [4.78, 5) is 7.62. The van der Waals surface area contributed by atoms with Crippen LogP contribution in [0, 0.1) is 5.92 Å². The first-order valence-corrected chi connectivity index (χ1v) is 6.70. The Morgan fingerprint density at radius 3 is 2.64 bits per heavy atom. The molecule has 1 fully saturated rings. The monoisotopic (exact) mass is 312 g/mol. The molecule has 2 aliphatic heterocycles. The molecule has 9 heteroatoms. The first-order chi connectivity index (χ1) is 10.4. The summed E-state index contributed by atoms with van der Waals surface area (Å²) in [5, 5.41) is 9.15. The summed E-state index contributed by atoms with van der Waals surface area (Å²) in [7, 11) is 0. The van der Waals surface area contributed by atoms with Gasteiger partial charge in [-0.25, -0.2) is 9.98 Å². The van der Waals surface area contributed by atoms with E-state index in [0.29, 0.717) is 11.5 Å². The molecule has 1 unspecified atom stereocenters. The molecular weight excluding hydrogens is 297 g/mol. The van der Waals surface area contributed by atoms with Crippen molar-refractivity contribution in [3.63, 3.8) is 0 Å². The van der Waals surface area contributed by atoms with Crippen molar-refractivity contribution in [2.75, 3.05) is 18.4 Å². The number of hydrogen-bond acceptors (Lipinski definition) is 6. The van der Waals surface area contributed by atoms with Crippen molar-refractivity contribution in [1.29, 1.82) is 0 Å². The maximum atomic E-state index is 12.5. The molecule has 1 saturated heterocycles. The van der Waals surface area contributed by atoms with Gasteiger partial charge in [0.2, 0.25) is 0 Å². The van der Waals surface area contributed by atoms with Gasteiger partial charge in [0.05, 0.1) is 11.9 Å². The molecular formula is C13H15F3N6. The van der Waals surface area contributed by atoms with Gasteiger partial charge >= 0.3 is 6.18 Å². The molecule has 1 aromatic rings. The van der Waals surface area contributed by atoms with Crippen molar-refractivity contribution in [2.45, 2.75) is 11.8 Å². The van der Waals surface area contributed by atoms with Crippen molar-refractivity contribution < 1.29 is 13.2 Å². The average Bonchev–Trinajstić information content (AvgIpc) is 2.39. The third kappa shape index (κ3) is 2.64. The van der Waals surface area contributed by atoms with Gasteiger partial charge in [-0.2, -0.15) is 13.2 Å². The van der Waals surface area contributed by atoms with Crippen LogP contribution in [0.5, 0.6) is 0 Å². The summed E-state index contributed by atoms with van der Waals surface area (Å²) >= 11 is 0. The standard InChI is InChI=1S/C13H15F3N6/c14-13(15,16)10-2-1-9(7-20-10)22-11-12(17,8-5-18-6-8)21-4-3-19-11/h1-4,7-8,18,21H,5-6,17H2,(H,19,22). The number of aromatic nitrogens is 1. The highest BCUT2D eigenvalue weighted by molar-refractivity contribution is 6.03. The second-order valence-corrected chi connectivity index (χ2v) is 5.22. The van der Waals surface area contributed by atoms with Crippen LogP contribution in [-0.2, 0) is 6.18 Å². The third-order valence-corrected chi connectivity index (χ3v) is 3.73. The largest absolute Gasteiger partial charge is 0.433 e. The molecule has 0 spiro atoms. The normalized spacial score (nSPS) is 25.2. The van der Waals surface area contributed by atoms with Crippen molar-refractivity contribution >= 4 is 11.5 Å². The predicted molar refractivity (Wildman–Crippen MR) is 75.9 cm³/mol. The van der Waals surface area contributed by atoms with Crippen LogP contribution in [0.3, 0.4) is 0 Å². The van der Waals surface area contributed by atoms with Gasteiger partial charge in [-0.05, 0) is 12.1 Å². The number of amidine groups is 1. The van der Waals surface area contributed by atoms with Gasteiger partial charge in [-0.1, -0.05) is 0 Å². The van der Waals surface area contributed by atoms with E-state index in [4.69, 9.17) is 5.73 Å². The Hall–Kier alpha value is -2.13. The molecule has 1 atom stereocenters. The van der Waals surface area contributed by atoms with Gasteiger partial charge in [-0.15, -0.1) is 0 Å². The summed E-state index contributed by atoms with van der Waals surface area (Å²) in [6.45, 7) is 1.48. The van der Waals surface area contributed by atoms with E-state index in [9.17, 15) is 13.2 Å². The fourth-order valence-electron chi connectivity index (χ4n) is 2.29. The molecule has 0 amide bonds. The number of pyridine rings is 1. The van der Waals surface area contributed by atoms with Gasteiger partial charge in [0.15, 0.2) is 5.66 Å². The van der Waals surface area contributed by atoms with Crippen LogP contribution in [0.15, 0.2) is 35.7 Å². The summed E-state index contributed by atoms with van der Waals surface area (Å²) in [6.07, 6.45) is -0.158. The van der Waals surface area contributed by atoms with Crippen LogP contribution in [0.4, 0.5) is 18.9 Å². The van der Waals surface area contributed by atoms with Crippen LogP contribution < -0.4 is 21.7 Å². The minimum atomic E-state index is -4.46. The van der Waals surface area contributed by atoms with Crippen molar-refractivity contribution in [2.24, 2.45) is 16.6 Å². The number of aliphatic imine (C=N–C) groups is 1. The van der Waals surface area contributed by atoms with E-state index >= 15 is 0 Å². The highest BCUT2D eigenvalue weighted by atomic mass is 19.4. The zero-order valence-corrected chi connectivity index (χ0v) is 11.5. The molecule has 0 aliphatic carbocycles. The van der Waals surface area contributed by atoms with Crippen LogP contribution in [0.1, 0.15) is 5.69 Å². The molecule has 3 heterocycles. The number of nitrogens with one attached hydrogen (secondary N) is 3. The summed E-state index contributed by atoms with van der Waals surface area (Å²) < 4.78 is 37.5. The zero-order chi connectivity index (χ0) is 15.8. The van der Waals surface area contributed by atoms with E-state index in [-0.39, 0.29) is 5.92 Å². The molecule has 0 bridgehead atoms. The number of nitrogens with zero attached hydrogens (tertiary/aromatic N) is 2. The van der Waals surface area contributed by atoms with E-state index in [1.165, 1.54) is 12.3 Å². The number of alkyl halides is 3. The number of halogens is 3. The Bertz CT molecular complexity index is 605. The minimum absolute atomic E-state index is 0.131. The predicted octanol–water partition coefficient (Wildman–Crippen LogP) is 0.860. The van der Waals surface area contributed by atoms with Gasteiger partial charge in [0.25, 0.3) is 0 Å². The van der Waals surface area contributed by atoms with Crippen LogP contribution >= 0.6 is 0 Å². The Morgan fingerprint density at radius 2 is 2.09 bits per heavy atom. The van der Waals surface area contributed by atoms with Gasteiger partial charge in [0, 0.05) is 31.4 Å². The van der Waals surface area contributed by atoms with Gasteiger partial charge < -0.3 is 21.7 Å². The molecule has 22 heavy (non-hydrogen) atoms. The Labute approximate surface area is 124 Å². The van der Waals surface area contributed by atoms with Crippen molar-refractivity contribution in [1.82, 2.24) is 15.6 Å². The maximum Gasteiger partial charge on any atom is 0.433 e. The number of rotatable bonds is 2. The van der Waals surface area contributed by atoms with E-state index in [2.05, 4.69) is 25.9 Å². The molecule has 6 nitrogen and oxygen atoms in total. The Balaban J connectivity index is 1.79. The molecule has 0 aromatic carbocycles. The highest BCUT2D eigenvalue weighted by Gasteiger charge is 2.43. The third-order valence-electron chi connectivity index (χ3n) is 3.73. The lowest BCUT2D eigenvalue weighted by Gasteiger charge is -2.44. The first-order valence-electron chi connectivity index (χ1n) is 6.70. The quantitative estimate of drug-likeness (QED) is 0.651. The second kappa shape index (κ2) is 5.25. The van der Waals surface area contributed by atoms with Crippen LogP contribution in [0.2, 0.25) is 0 Å². The van der Waals surface area contributed by atoms with Gasteiger partial charge in [0.1, 0.15) is 11.5 Å². The average molecular weight is 312 g/mol. The lowest BCUT2D eigenvalue weighted by atomic mass is 9.86. The van der Waals surface area contributed by atoms with E-state index in [0.717, 1.165) is 25.4 Å². The number of nitrogens with two attached hydrogens (primary N) is 1. The minimum Gasteiger partial charge on any atom is -0.366 e. The Morgan fingerprint density at radius 1 is 1.32 bits per heavy atom. The van der Waals surface area contributed by atoms with Crippen LogP contribution in [0.25, 0.3) is 0 Å². The molecule has 0 saturated carbocycles. The van der Waals surface area contributed by atoms with Crippen molar-refractivity contribution in [3.05, 3.63) is 36.4 Å². The van der Waals surface area contributed by atoms with Crippen molar-refractivity contribution in [3.8, 4) is 0 Å². The van der Waals surface area contributed by atoms with E-state index in [1.54, 1.807) is 6.20 Å². The van der Waals surface area contributed by atoms with E-state index in [1.807, 2.05) is 0 Å². The molecule has 3 rings (SSSR count). The number of anilines is 1. The SMILES string of the molecule is NC1(C2CNC2)NC=CN=C1Nc1ccc(C(F)(F)F)nc1. The maximum absolute atomic E-state index is 12.5.